The fraction of sp³-hybridized carbons (Fsp3) is 0. The standard InChI is InChI=1S/C17H13ClN2O/c18-13-6-8-14(9-7-13)20-17(21)16-11-19-10-15(16)12-4-2-1-3-5-12/h1-11,19H,(H,20,21). The number of anilines is 1. The van der Waals surface area contributed by atoms with Gasteiger partial charge in [0.2, 0.25) is 0 Å². The third kappa shape index (κ3) is 2.98. The first-order chi connectivity index (χ1) is 10.2. The molecule has 4 heteroatoms. The number of benzene rings is 2. The van der Waals surface area contributed by atoms with Crippen LogP contribution in [0.1, 0.15) is 10.4 Å². The number of aromatic amines is 1. The van der Waals surface area contributed by atoms with E-state index in [1.54, 1.807) is 30.5 Å². The van der Waals surface area contributed by atoms with Crippen LogP contribution in [0.5, 0.6) is 0 Å². The summed E-state index contributed by atoms with van der Waals surface area (Å²) in [7, 11) is 0. The van der Waals surface area contributed by atoms with Gasteiger partial charge in [0.1, 0.15) is 0 Å². The van der Waals surface area contributed by atoms with Gasteiger partial charge >= 0.3 is 0 Å². The number of carbonyl (C=O) groups excluding carboxylic acids is 1. The summed E-state index contributed by atoms with van der Waals surface area (Å²) < 4.78 is 0. The molecule has 0 aliphatic heterocycles. The van der Waals surface area contributed by atoms with Gasteiger partial charge in [0.25, 0.3) is 5.91 Å². The molecule has 1 aromatic heterocycles. The minimum atomic E-state index is -0.155. The Labute approximate surface area is 127 Å². The molecule has 104 valence electrons. The summed E-state index contributed by atoms with van der Waals surface area (Å²) in [6.07, 6.45) is 3.53. The SMILES string of the molecule is O=C(Nc1ccc(Cl)cc1)c1c[nH]cc1-c1ccccc1. The van der Waals surface area contributed by atoms with E-state index >= 15 is 0 Å². The third-order valence-corrected chi connectivity index (χ3v) is 3.43. The van der Waals surface area contributed by atoms with Crippen molar-refractivity contribution >= 4 is 23.2 Å². The van der Waals surface area contributed by atoms with Crippen molar-refractivity contribution in [2.24, 2.45) is 0 Å². The molecule has 0 fully saturated rings. The number of aromatic nitrogens is 1. The third-order valence-electron chi connectivity index (χ3n) is 3.18. The van der Waals surface area contributed by atoms with Crippen LogP contribution in [-0.4, -0.2) is 10.9 Å². The van der Waals surface area contributed by atoms with Gasteiger partial charge in [0.15, 0.2) is 0 Å². The molecule has 0 unspecified atom stereocenters. The quantitative estimate of drug-likeness (QED) is 0.729. The molecule has 1 heterocycles. The van der Waals surface area contributed by atoms with E-state index in [9.17, 15) is 4.79 Å². The summed E-state index contributed by atoms with van der Waals surface area (Å²) in [4.78, 5) is 15.4. The van der Waals surface area contributed by atoms with Crippen molar-refractivity contribution < 1.29 is 4.79 Å². The number of hydrogen-bond donors (Lipinski definition) is 2. The highest BCUT2D eigenvalue weighted by Gasteiger charge is 2.13. The fourth-order valence-corrected chi connectivity index (χ4v) is 2.27. The largest absolute Gasteiger partial charge is 0.366 e. The number of amides is 1. The van der Waals surface area contributed by atoms with Gasteiger partial charge in [-0.05, 0) is 29.8 Å². The number of rotatable bonds is 3. The van der Waals surface area contributed by atoms with Crippen LogP contribution in [0.25, 0.3) is 11.1 Å². The first kappa shape index (κ1) is 13.5. The van der Waals surface area contributed by atoms with E-state index < -0.39 is 0 Å². The Balaban J connectivity index is 1.86. The molecule has 0 aliphatic rings. The summed E-state index contributed by atoms with van der Waals surface area (Å²) in [6, 6.07) is 16.8. The maximum Gasteiger partial charge on any atom is 0.257 e. The lowest BCUT2D eigenvalue weighted by molar-refractivity contribution is 0.102. The molecule has 0 saturated heterocycles. The van der Waals surface area contributed by atoms with Crippen LogP contribution in [0.15, 0.2) is 67.0 Å². The van der Waals surface area contributed by atoms with Crippen LogP contribution in [0.2, 0.25) is 5.02 Å². The van der Waals surface area contributed by atoms with Crippen LogP contribution in [0, 0.1) is 0 Å². The monoisotopic (exact) mass is 296 g/mol. The molecular formula is C17H13ClN2O. The highest BCUT2D eigenvalue weighted by atomic mass is 35.5. The lowest BCUT2D eigenvalue weighted by atomic mass is 10.0. The second kappa shape index (κ2) is 5.85. The van der Waals surface area contributed by atoms with E-state index in [0.717, 1.165) is 11.1 Å². The van der Waals surface area contributed by atoms with Crippen LogP contribution in [0.3, 0.4) is 0 Å². The molecule has 3 aromatic rings. The van der Waals surface area contributed by atoms with Crippen molar-refractivity contribution in [1.82, 2.24) is 4.98 Å². The first-order valence-corrected chi connectivity index (χ1v) is 6.91. The van der Waals surface area contributed by atoms with E-state index in [0.29, 0.717) is 16.3 Å². The highest BCUT2D eigenvalue weighted by Crippen LogP contribution is 2.24. The Morgan fingerprint density at radius 3 is 2.38 bits per heavy atom. The Morgan fingerprint density at radius 1 is 0.952 bits per heavy atom. The Kier molecular flexibility index (Phi) is 3.75. The van der Waals surface area contributed by atoms with Gasteiger partial charge in [-0.2, -0.15) is 0 Å². The lowest BCUT2D eigenvalue weighted by Crippen LogP contribution is -2.11. The van der Waals surface area contributed by atoms with E-state index in [2.05, 4.69) is 10.3 Å². The molecule has 21 heavy (non-hydrogen) atoms. The van der Waals surface area contributed by atoms with Crippen LogP contribution in [-0.2, 0) is 0 Å². The molecule has 0 spiro atoms. The van der Waals surface area contributed by atoms with Gasteiger partial charge in [-0.1, -0.05) is 41.9 Å². The predicted octanol–water partition coefficient (Wildman–Crippen LogP) is 4.59. The molecule has 0 aliphatic carbocycles. The number of nitrogens with one attached hydrogen (secondary N) is 2. The lowest BCUT2D eigenvalue weighted by Gasteiger charge is -2.06. The van der Waals surface area contributed by atoms with Gasteiger partial charge in [-0.25, -0.2) is 0 Å². The average molecular weight is 297 g/mol. The molecule has 2 N–H and O–H groups in total. The number of H-pyrrole nitrogens is 1. The van der Waals surface area contributed by atoms with E-state index in [1.165, 1.54) is 0 Å². The van der Waals surface area contributed by atoms with Crippen LogP contribution < -0.4 is 5.32 Å². The molecule has 0 saturated carbocycles. The Morgan fingerprint density at radius 2 is 1.67 bits per heavy atom. The number of halogens is 1. The molecule has 0 radical (unpaired) electrons. The van der Waals surface area contributed by atoms with Crippen molar-refractivity contribution in [3.63, 3.8) is 0 Å². The maximum absolute atomic E-state index is 12.4. The van der Waals surface area contributed by atoms with Gasteiger partial charge in [-0.3, -0.25) is 4.79 Å². The molecule has 2 aromatic carbocycles. The summed E-state index contributed by atoms with van der Waals surface area (Å²) in [5.74, 6) is -0.155. The van der Waals surface area contributed by atoms with Gasteiger partial charge in [0.05, 0.1) is 5.56 Å². The van der Waals surface area contributed by atoms with E-state index in [1.807, 2.05) is 36.5 Å². The second-order valence-corrected chi connectivity index (χ2v) is 5.05. The summed E-state index contributed by atoms with van der Waals surface area (Å²) >= 11 is 5.84. The normalized spacial score (nSPS) is 10.3. The Hall–Kier alpha value is -2.52. The van der Waals surface area contributed by atoms with Crippen molar-refractivity contribution in [2.45, 2.75) is 0 Å². The van der Waals surface area contributed by atoms with Crippen molar-refractivity contribution in [3.8, 4) is 11.1 Å². The minimum absolute atomic E-state index is 0.155. The van der Waals surface area contributed by atoms with Crippen LogP contribution in [0.4, 0.5) is 5.69 Å². The summed E-state index contributed by atoms with van der Waals surface area (Å²) in [6.45, 7) is 0. The number of carbonyl (C=O) groups is 1. The molecule has 0 bridgehead atoms. The van der Waals surface area contributed by atoms with Crippen molar-refractivity contribution in [1.29, 1.82) is 0 Å². The molecule has 1 amide bonds. The van der Waals surface area contributed by atoms with Gasteiger partial charge < -0.3 is 10.3 Å². The summed E-state index contributed by atoms with van der Waals surface area (Å²) in [5, 5.41) is 3.50. The maximum atomic E-state index is 12.4. The summed E-state index contributed by atoms with van der Waals surface area (Å²) in [5.41, 5.74) is 3.20. The van der Waals surface area contributed by atoms with E-state index in [4.69, 9.17) is 11.6 Å². The zero-order valence-corrected chi connectivity index (χ0v) is 11.9. The molecule has 0 atom stereocenters. The number of hydrogen-bond acceptors (Lipinski definition) is 1. The van der Waals surface area contributed by atoms with Gasteiger partial charge in [0, 0.05) is 28.7 Å². The molecule has 3 nitrogen and oxygen atoms in total. The molecule has 3 rings (SSSR count). The Bertz CT molecular complexity index is 748. The zero-order valence-electron chi connectivity index (χ0n) is 11.1. The average Bonchev–Trinajstić information content (AvgIpc) is 3.00. The smallest absolute Gasteiger partial charge is 0.257 e. The zero-order chi connectivity index (χ0) is 14.7. The topological polar surface area (TPSA) is 44.9 Å². The minimum Gasteiger partial charge on any atom is -0.366 e. The highest BCUT2D eigenvalue weighted by molar-refractivity contribution is 6.30. The first-order valence-electron chi connectivity index (χ1n) is 6.53. The van der Waals surface area contributed by atoms with Gasteiger partial charge in [-0.15, -0.1) is 0 Å². The van der Waals surface area contributed by atoms with Crippen molar-refractivity contribution in [3.05, 3.63) is 77.6 Å². The second-order valence-electron chi connectivity index (χ2n) is 4.61. The van der Waals surface area contributed by atoms with E-state index in [-0.39, 0.29) is 5.91 Å². The van der Waals surface area contributed by atoms with Crippen LogP contribution >= 0.6 is 11.6 Å². The predicted molar refractivity (Wildman–Crippen MR) is 85.6 cm³/mol. The molecular weight excluding hydrogens is 284 g/mol. The fourth-order valence-electron chi connectivity index (χ4n) is 2.14. The van der Waals surface area contributed by atoms with Crippen molar-refractivity contribution in [2.75, 3.05) is 5.32 Å².